The average molecular weight is 321 g/mol. The zero-order chi connectivity index (χ0) is 14.9. The molecule has 0 bridgehead atoms. The van der Waals surface area contributed by atoms with Crippen molar-refractivity contribution < 1.29 is 13.2 Å². The van der Waals surface area contributed by atoms with Crippen molar-refractivity contribution in [2.24, 2.45) is 5.84 Å². The van der Waals surface area contributed by atoms with Crippen LogP contribution < -0.4 is 11.3 Å². The quantitative estimate of drug-likeness (QED) is 0.510. The van der Waals surface area contributed by atoms with Gasteiger partial charge in [0.25, 0.3) is 0 Å². The van der Waals surface area contributed by atoms with E-state index in [0.29, 0.717) is 10.6 Å². The van der Waals surface area contributed by atoms with Gasteiger partial charge in [-0.2, -0.15) is 0 Å². The van der Waals surface area contributed by atoms with Gasteiger partial charge in [-0.1, -0.05) is 29.3 Å². The molecule has 1 atom stereocenters. The molecule has 0 amide bonds. The summed E-state index contributed by atoms with van der Waals surface area (Å²) < 4.78 is 39.5. The molecule has 1 unspecified atom stereocenters. The van der Waals surface area contributed by atoms with Gasteiger partial charge in [0.05, 0.1) is 16.1 Å². The molecule has 2 aromatic carbocycles. The highest BCUT2D eigenvalue weighted by Gasteiger charge is 2.18. The van der Waals surface area contributed by atoms with E-state index in [-0.39, 0.29) is 10.6 Å². The number of nitrogens with one attached hydrogen (secondary N) is 1. The van der Waals surface area contributed by atoms with Gasteiger partial charge in [0.1, 0.15) is 0 Å². The minimum atomic E-state index is -1.53. The van der Waals surface area contributed by atoms with Crippen molar-refractivity contribution in [3.05, 3.63) is 69.0 Å². The van der Waals surface area contributed by atoms with Crippen LogP contribution in [-0.4, -0.2) is 0 Å². The van der Waals surface area contributed by atoms with Gasteiger partial charge in [0.15, 0.2) is 17.5 Å². The summed E-state index contributed by atoms with van der Waals surface area (Å²) >= 11 is 11.7. The van der Waals surface area contributed by atoms with Crippen LogP contribution >= 0.6 is 23.2 Å². The van der Waals surface area contributed by atoms with Crippen molar-refractivity contribution in [2.75, 3.05) is 0 Å². The van der Waals surface area contributed by atoms with Gasteiger partial charge in [-0.15, -0.1) is 0 Å². The topological polar surface area (TPSA) is 38.0 Å². The van der Waals surface area contributed by atoms with E-state index in [2.05, 4.69) is 5.43 Å². The second-order valence-electron chi connectivity index (χ2n) is 4.07. The van der Waals surface area contributed by atoms with Crippen molar-refractivity contribution in [2.45, 2.75) is 6.04 Å². The molecule has 0 radical (unpaired) electrons. The Hall–Kier alpha value is -1.27. The van der Waals surface area contributed by atoms with E-state index < -0.39 is 23.5 Å². The molecule has 0 aliphatic heterocycles. The molecule has 0 aromatic heterocycles. The summed E-state index contributed by atoms with van der Waals surface area (Å²) in [6.07, 6.45) is 0. The normalized spacial score (nSPS) is 12.5. The van der Waals surface area contributed by atoms with Crippen LogP contribution in [0.15, 0.2) is 30.3 Å². The van der Waals surface area contributed by atoms with Crippen LogP contribution in [0.3, 0.4) is 0 Å². The number of hydrogen-bond donors (Lipinski definition) is 2. The zero-order valence-electron chi connectivity index (χ0n) is 9.93. The maximum Gasteiger partial charge on any atom is 0.194 e. The van der Waals surface area contributed by atoms with Crippen LogP contribution in [-0.2, 0) is 0 Å². The molecule has 0 heterocycles. The van der Waals surface area contributed by atoms with Gasteiger partial charge in [-0.05, 0) is 35.4 Å². The molecular formula is C13H9Cl2F3N2. The van der Waals surface area contributed by atoms with Gasteiger partial charge in [-0.25, -0.2) is 18.6 Å². The molecule has 0 aliphatic carbocycles. The largest absolute Gasteiger partial charge is 0.271 e. The Balaban J connectivity index is 2.49. The van der Waals surface area contributed by atoms with E-state index in [1.807, 2.05) is 0 Å². The molecule has 2 aromatic rings. The Morgan fingerprint density at radius 3 is 2.00 bits per heavy atom. The first-order valence-electron chi connectivity index (χ1n) is 5.49. The van der Waals surface area contributed by atoms with Gasteiger partial charge >= 0.3 is 0 Å². The number of rotatable bonds is 3. The van der Waals surface area contributed by atoms with Crippen LogP contribution in [0.5, 0.6) is 0 Å². The van der Waals surface area contributed by atoms with Gasteiger partial charge in [-0.3, -0.25) is 5.84 Å². The van der Waals surface area contributed by atoms with E-state index in [9.17, 15) is 13.2 Å². The maximum absolute atomic E-state index is 13.3. The molecule has 2 nitrogen and oxygen atoms in total. The SMILES string of the molecule is NNC(c1cc(F)c(F)c(F)c1)c1ccc(Cl)c(Cl)c1. The smallest absolute Gasteiger partial charge is 0.194 e. The molecule has 20 heavy (non-hydrogen) atoms. The Labute approximate surface area is 123 Å². The standard InChI is InChI=1S/C13H9Cl2F3N2/c14-8-2-1-6(3-9(8)15)13(20-19)7-4-10(16)12(18)11(17)5-7/h1-5,13,20H,19H2. The lowest BCUT2D eigenvalue weighted by atomic mass is 9.99. The minimum Gasteiger partial charge on any atom is -0.271 e. The molecule has 0 aliphatic rings. The number of nitrogens with two attached hydrogens (primary N) is 1. The van der Waals surface area contributed by atoms with E-state index in [0.717, 1.165) is 12.1 Å². The predicted molar refractivity (Wildman–Crippen MR) is 71.9 cm³/mol. The summed E-state index contributed by atoms with van der Waals surface area (Å²) in [5.74, 6) is 1.29. The monoisotopic (exact) mass is 320 g/mol. The molecule has 3 N–H and O–H groups in total. The van der Waals surface area contributed by atoms with Crippen molar-refractivity contribution in [3.8, 4) is 0 Å². The number of hydrogen-bond acceptors (Lipinski definition) is 2. The second kappa shape index (κ2) is 6.01. The third kappa shape index (κ3) is 2.91. The van der Waals surface area contributed by atoms with Crippen LogP contribution in [0.2, 0.25) is 10.0 Å². The first kappa shape index (κ1) is 15.1. The van der Waals surface area contributed by atoms with Gasteiger partial charge in [0.2, 0.25) is 0 Å². The van der Waals surface area contributed by atoms with Crippen molar-refractivity contribution in [1.82, 2.24) is 5.43 Å². The first-order chi connectivity index (χ1) is 9.43. The highest BCUT2D eigenvalue weighted by molar-refractivity contribution is 6.42. The summed E-state index contributed by atoms with van der Waals surface area (Å²) in [6.45, 7) is 0. The van der Waals surface area contributed by atoms with E-state index in [1.165, 1.54) is 12.1 Å². The van der Waals surface area contributed by atoms with E-state index in [1.54, 1.807) is 6.07 Å². The van der Waals surface area contributed by atoms with Crippen LogP contribution in [0.1, 0.15) is 17.2 Å². The Bertz CT molecular complexity index is 627. The minimum absolute atomic E-state index is 0.127. The fraction of sp³-hybridized carbons (Fsp3) is 0.0769. The molecule has 7 heteroatoms. The lowest BCUT2D eigenvalue weighted by Gasteiger charge is -2.18. The summed E-state index contributed by atoms with van der Waals surface area (Å²) in [6, 6.07) is 5.61. The lowest BCUT2D eigenvalue weighted by Crippen LogP contribution is -2.29. The molecule has 0 fully saturated rings. The van der Waals surface area contributed by atoms with Gasteiger partial charge in [0, 0.05) is 0 Å². The molecule has 0 saturated carbocycles. The predicted octanol–water partition coefficient (Wildman–Crippen LogP) is 3.96. The number of benzene rings is 2. The Morgan fingerprint density at radius 1 is 0.900 bits per heavy atom. The van der Waals surface area contributed by atoms with Crippen LogP contribution in [0.4, 0.5) is 13.2 Å². The Morgan fingerprint density at radius 2 is 1.50 bits per heavy atom. The lowest BCUT2D eigenvalue weighted by molar-refractivity contribution is 0.442. The summed E-state index contributed by atoms with van der Waals surface area (Å²) in [5, 5.41) is 0.607. The third-order valence-electron chi connectivity index (χ3n) is 2.78. The Kier molecular flexibility index (Phi) is 4.55. The number of halogens is 5. The third-order valence-corrected chi connectivity index (χ3v) is 3.52. The summed E-state index contributed by atoms with van der Waals surface area (Å²) in [4.78, 5) is 0. The van der Waals surface area contributed by atoms with E-state index >= 15 is 0 Å². The molecule has 2 rings (SSSR count). The van der Waals surface area contributed by atoms with Crippen molar-refractivity contribution >= 4 is 23.2 Å². The highest BCUT2D eigenvalue weighted by Crippen LogP contribution is 2.29. The van der Waals surface area contributed by atoms with Crippen molar-refractivity contribution in [3.63, 3.8) is 0 Å². The average Bonchev–Trinajstić information content (AvgIpc) is 2.41. The molecule has 106 valence electrons. The second-order valence-corrected chi connectivity index (χ2v) is 4.89. The van der Waals surface area contributed by atoms with E-state index in [4.69, 9.17) is 29.0 Å². The molecule has 0 spiro atoms. The zero-order valence-corrected chi connectivity index (χ0v) is 11.4. The van der Waals surface area contributed by atoms with Crippen LogP contribution in [0.25, 0.3) is 0 Å². The fourth-order valence-electron chi connectivity index (χ4n) is 1.82. The molecular weight excluding hydrogens is 312 g/mol. The molecule has 0 saturated heterocycles. The van der Waals surface area contributed by atoms with Crippen LogP contribution in [0, 0.1) is 17.5 Å². The highest BCUT2D eigenvalue weighted by atomic mass is 35.5. The number of hydrazine groups is 1. The fourth-order valence-corrected chi connectivity index (χ4v) is 2.13. The first-order valence-corrected chi connectivity index (χ1v) is 6.25. The van der Waals surface area contributed by atoms with Gasteiger partial charge < -0.3 is 0 Å². The van der Waals surface area contributed by atoms with Crippen molar-refractivity contribution in [1.29, 1.82) is 0 Å². The maximum atomic E-state index is 13.3. The summed E-state index contributed by atoms with van der Waals surface area (Å²) in [7, 11) is 0. The summed E-state index contributed by atoms with van der Waals surface area (Å²) in [5.41, 5.74) is 3.06.